The van der Waals surface area contributed by atoms with Gasteiger partial charge in [0.05, 0.1) is 0 Å². The molecule has 1 saturated heterocycles. The van der Waals surface area contributed by atoms with Crippen LogP contribution in [0.5, 0.6) is 0 Å². The van der Waals surface area contributed by atoms with Gasteiger partial charge in [0, 0.05) is 39.5 Å². The quantitative estimate of drug-likeness (QED) is 0.819. The standard InChI is InChI=1S/C16H25NO2/c18-10-4-9-17(13-15-5-2-1-3-6-15)14-16-7-11-19-12-8-16/h1-3,5-6,16,18H,4,7-14H2. The third-order valence-corrected chi connectivity index (χ3v) is 3.74. The van der Waals surface area contributed by atoms with Gasteiger partial charge in [-0.1, -0.05) is 30.3 Å². The van der Waals surface area contributed by atoms with Gasteiger partial charge in [-0.3, -0.25) is 4.90 Å². The molecule has 19 heavy (non-hydrogen) atoms. The van der Waals surface area contributed by atoms with Crippen LogP contribution in [0.1, 0.15) is 24.8 Å². The summed E-state index contributed by atoms with van der Waals surface area (Å²) in [6.07, 6.45) is 3.20. The first-order valence-electron chi connectivity index (χ1n) is 7.33. The van der Waals surface area contributed by atoms with Crippen molar-refractivity contribution in [3.8, 4) is 0 Å². The summed E-state index contributed by atoms with van der Waals surface area (Å²) in [6.45, 7) is 5.17. The molecule has 0 saturated carbocycles. The van der Waals surface area contributed by atoms with Crippen molar-refractivity contribution in [2.24, 2.45) is 5.92 Å². The molecule has 0 bridgehead atoms. The molecule has 3 heteroatoms. The lowest BCUT2D eigenvalue weighted by molar-refractivity contribution is 0.0504. The zero-order chi connectivity index (χ0) is 13.3. The molecule has 1 heterocycles. The van der Waals surface area contributed by atoms with Crippen LogP contribution in [0.2, 0.25) is 0 Å². The second-order valence-electron chi connectivity index (χ2n) is 5.35. The van der Waals surface area contributed by atoms with Crippen molar-refractivity contribution >= 4 is 0 Å². The first-order chi connectivity index (χ1) is 9.38. The molecular weight excluding hydrogens is 238 g/mol. The second kappa shape index (κ2) is 8.31. The van der Waals surface area contributed by atoms with Crippen LogP contribution in [0.4, 0.5) is 0 Å². The molecule has 2 rings (SSSR count). The molecule has 0 unspecified atom stereocenters. The average molecular weight is 263 g/mol. The number of hydrogen-bond donors (Lipinski definition) is 1. The summed E-state index contributed by atoms with van der Waals surface area (Å²) in [5.74, 6) is 0.746. The van der Waals surface area contributed by atoms with E-state index in [0.29, 0.717) is 0 Å². The molecule has 1 aliphatic heterocycles. The molecule has 0 amide bonds. The Morgan fingerprint density at radius 3 is 2.58 bits per heavy atom. The van der Waals surface area contributed by atoms with Crippen LogP contribution in [0.15, 0.2) is 30.3 Å². The SMILES string of the molecule is OCCCN(Cc1ccccc1)CC1CCOCC1. The molecule has 1 aromatic carbocycles. The van der Waals surface area contributed by atoms with Crippen molar-refractivity contribution in [1.82, 2.24) is 4.90 Å². The second-order valence-corrected chi connectivity index (χ2v) is 5.35. The van der Waals surface area contributed by atoms with E-state index in [0.717, 1.165) is 45.2 Å². The van der Waals surface area contributed by atoms with E-state index in [9.17, 15) is 0 Å². The summed E-state index contributed by atoms with van der Waals surface area (Å²) >= 11 is 0. The van der Waals surface area contributed by atoms with E-state index in [1.165, 1.54) is 18.4 Å². The number of hydrogen-bond acceptors (Lipinski definition) is 3. The minimum atomic E-state index is 0.277. The third kappa shape index (κ3) is 5.31. The Kier molecular flexibility index (Phi) is 6.34. The van der Waals surface area contributed by atoms with Crippen molar-refractivity contribution in [2.45, 2.75) is 25.8 Å². The van der Waals surface area contributed by atoms with Gasteiger partial charge in [0.1, 0.15) is 0 Å². The number of nitrogens with zero attached hydrogens (tertiary/aromatic N) is 1. The van der Waals surface area contributed by atoms with Crippen LogP contribution in [0.3, 0.4) is 0 Å². The van der Waals surface area contributed by atoms with Crippen LogP contribution in [-0.2, 0) is 11.3 Å². The van der Waals surface area contributed by atoms with Gasteiger partial charge in [-0.25, -0.2) is 0 Å². The van der Waals surface area contributed by atoms with Gasteiger partial charge in [0.2, 0.25) is 0 Å². The lowest BCUT2D eigenvalue weighted by atomic mass is 9.99. The summed E-state index contributed by atoms with van der Waals surface area (Å²) < 4.78 is 5.42. The molecule has 0 spiro atoms. The van der Waals surface area contributed by atoms with Gasteiger partial charge in [-0.05, 0) is 30.7 Å². The van der Waals surface area contributed by atoms with Gasteiger partial charge >= 0.3 is 0 Å². The van der Waals surface area contributed by atoms with Crippen molar-refractivity contribution in [3.63, 3.8) is 0 Å². The van der Waals surface area contributed by atoms with E-state index in [1.54, 1.807) is 0 Å². The van der Waals surface area contributed by atoms with Crippen LogP contribution >= 0.6 is 0 Å². The number of benzene rings is 1. The summed E-state index contributed by atoms with van der Waals surface area (Å²) in [4.78, 5) is 2.47. The number of aliphatic hydroxyl groups is 1. The largest absolute Gasteiger partial charge is 0.396 e. The Labute approximate surface area is 116 Å². The smallest absolute Gasteiger partial charge is 0.0469 e. The molecule has 1 fully saturated rings. The monoisotopic (exact) mass is 263 g/mol. The Balaban J connectivity index is 1.87. The fourth-order valence-corrected chi connectivity index (χ4v) is 2.66. The molecule has 1 aliphatic rings. The van der Waals surface area contributed by atoms with Crippen molar-refractivity contribution < 1.29 is 9.84 Å². The Hall–Kier alpha value is -0.900. The predicted octanol–water partition coefficient (Wildman–Crippen LogP) is 2.30. The van der Waals surface area contributed by atoms with E-state index in [2.05, 4.69) is 35.2 Å². The van der Waals surface area contributed by atoms with E-state index >= 15 is 0 Å². The topological polar surface area (TPSA) is 32.7 Å². The predicted molar refractivity (Wildman–Crippen MR) is 77.0 cm³/mol. The molecule has 0 aliphatic carbocycles. The van der Waals surface area contributed by atoms with Crippen molar-refractivity contribution in [2.75, 3.05) is 32.9 Å². The fourth-order valence-electron chi connectivity index (χ4n) is 2.66. The van der Waals surface area contributed by atoms with Crippen LogP contribution < -0.4 is 0 Å². The van der Waals surface area contributed by atoms with Gasteiger partial charge < -0.3 is 9.84 Å². The fraction of sp³-hybridized carbons (Fsp3) is 0.625. The average Bonchev–Trinajstić information content (AvgIpc) is 2.47. The first kappa shape index (κ1) is 14.5. The Morgan fingerprint density at radius 2 is 1.89 bits per heavy atom. The van der Waals surface area contributed by atoms with Gasteiger partial charge in [0.25, 0.3) is 0 Å². The van der Waals surface area contributed by atoms with Crippen molar-refractivity contribution in [1.29, 1.82) is 0 Å². The molecule has 0 atom stereocenters. The molecule has 3 nitrogen and oxygen atoms in total. The Morgan fingerprint density at radius 1 is 1.16 bits per heavy atom. The lowest BCUT2D eigenvalue weighted by Gasteiger charge is -2.29. The highest BCUT2D eigenvalue weighted by Gasteiger charge is 2.17. The van der Waals surface area contributed by atoms with E-state index < -0.39 is 0 Å². The molecular formula is C16H25NO2. The van der Waals surface area contributed by atoms with E-state index in [-0.39, 0.29) is 6.61 Å². The summed E-state index contributed by atoms with van der Waals surface area (Å²) in [5, 5.41) is 9.04. The molecule has 0 aromatic heterocycles. The van der Waals surface area contributed by atoms with Gasteiger partial charge in [0.15, 0.2) is 0 Å². The highest BCUT2D eigenvalue weighted by Crippen LogP contribution is 2.17. The van der Waals surface area contributed by atoms with E-state index in [4.69, 9.17) is 9.84 Å². The van der Waals surface area contributed by atoms with Gasteiger partial charge in [-0.15, -0.1) is 0 Å². The minimum absolute atomic E-state index is 0.277. The molecule has 0 radical (unpaired) electrons. The number of aliphatic hydroxyl groups excluding tert-OH is 1. The van der Waals surface area contributed by atoms with Crippen LogP contribution in [0, 0.1) is 5.92 Å². The third-order valence-electron chi connectivity index (χ3n) is 3.74. The normalized spacial score (nSPS) is 16.9. The molecule has 106 valence electrons. The highest BCUT2D eigenvalue weighted by atomic mass is 16.5. The zero-order valence-electron chi connectivity index (χ0n) is 11.6. The van der Waals surface area contributed by atoms with Crippen LogP contribution in [-0.4, -0.2) is 42.9 Å². The zero-order valence-corrected chi connectivity index (χ0v) is 11.6. The summed E-state index contributed by atoms with van der Waals surface area (Å²) in [6, 6.07) is 10.6. The summed E-state index contributed by atoms with van der Waals surface area (Å²) in [7, 11) is 0. The molecule has 1 N–H and O–H groups in total. The summed E-state index contributed by atoms with van der Waals surface area (Å²) in [5.41, 5.74) is 1.35. The van der Waals surface area contributed by atoms with Gasteiger partial charge in [-0.2, -0.15) is 0 Å². The first-order valence-corrected chi connectivity index (χ1v) is 7.33. The number of ether oxygens (including phenoxy) is 1. The molecule has 1 aromatic rings. The van der Waals surface area contributed by atoms with E-state index in [1.807, 2.05) is 0 Å². The highest BCUT2D eigenvalue weighted by molar-refractivity contribution is 5.14. The maximum Gasteiger partial charge on any atom is 0.0469 e. The minimum Gasteiger partial charge on any atom is -0.396 e. The van der Waals surface area contributed by atoms with Crippen LogP contribution in [0.25, 0.3) is 0 Å². The lowest BCUT2D eigenvalue weighted by Crippen LogP contribution is -2.33. The van der Waals surface area contributed by atoms with Crippen molar-refractivity contribution in [3.05, 3.63) is 35.9 Å². The Bertz CT molecular complexity index is 336. The maximum atomic E-state index is 9.04. The number of rotatable bonds is 7. The maximum absolute atomic E-state index is 9.04.